The molecule has 0 saturated heterocycles. The van der Waals surface area contributed by atoms with E-state index in [0.717, 1.165) is 42.6 Å². The average molecular weight is 491 g/mol. The zero-order valence-corrected chi connectivity index (χ0v) is 22.6. The number of aryl methyl sites for hydroxylation is 1. The first-order valence-corrected chi connectivity index (χ1v) is 14.8. The third-order valence-electron chi connectivity index (χ3n) is 8.73. The second kappa shape index (κ2) is 13.9. The minimum absolute atomic E-state index is 0.0467. The smallest absolute Gasteiger partial charge is 0.314 e. The van der Waals surface area contributed by atoms with Gasteiger partial charge in [0.15, 0.2) is 5.82 Å². The van der Waals surface area contributed by atoms with E-state index < -0.39 is 0 Å². The van der Waals surface area contributed by atoms with Gasteiger partial charge in [-0.3, -0.25) is 4.79 Å². The van der Waals surface area contributed by atoms with Gasteiger partial charge >= 0.3 is 5.97 Å². The summed E-state index contributed by atoms with van der Waals surface area (Å²) in [6, 6.07) is 7.63. The van der Waals surface area contributed by atoms with Crippen molar-refractivity contribution in [3.8, 4) is 17.1 Å². The lowest BCUT2D eigenvalue weighted by atomic mass is 9.68. The largest absolute Gasteiger partial charge is 0.426 e. The fraction of sp³-hybridized carbons (Fsp3) is 0.656. The first-order valence-electron chi connectivity index (χ1n) is 14.8. The van der Waals surface area contributed by atoms with Crippen LogP contribution in [0.25, 0.3) is 11.4 Å². The third kappa shape index (κ3) is 7.63. The molecular formula is C32H46N2O2. The van der Waals surface area contributed by atoms with Crippen LogP contribution in [0.4, 0.5) is 0 Å². The van der Waals surface area contributed by atoms with Gasteiger partial charge in [0.25, 0.3) is 0 Å². The topological polar surface area (TPSA) is 52.1 Å². The standard InChI is InChI=1S/C32H46N2O2/c1-3-5-7-9-25-22-33-31(34-23-25)28-18-20-30(21-19-28)36-32(35)29-16-14-27(15-17-29)26-12-10-24(11-13-26)8-6-4-2/h18-24,26-27,29H,3-17H2,1-2H3/t24-,26-,27-,29-. The van der Waals surface area contributed by atoms with Crippen LogP contribution in [0.2, 0.25) is 0 Å². The molecule has 1 aromatic carbocycles. The molecule has 2 aromatic rings. The van der Waals surface area contributed by atoms with Crippen LogP contribution in [0, 0.1) is 23.7 Å². The Morgan fingerprint density at radius 2 is 1.42 bits per heavy atom. The summed E-state index contributed by atoms with van der Waals surface area (Å²) in [5.74, 6) is 4.00. The maximum absolute atomic E-state index is 12.8. The van der Waals surface area contributed by atoms with Crippen molar-refractivity contribution in [1.29, 1.82) is 0 Å². The lowest BCUT2D eigenvalue weighted by Crippen LogP contribution is -2.30. The van der Waals surface area contributed by atoms with E-state index in [0.29, 0.717) is 11.6 Å². The summed E-state index contributed by atoms with van der Waals surface area (Å²) in [4.78, 5) is 21.9. The van der Waals surface area contributed by atoms with E-state index in [9.17, 15) is 4.79 Å². The van der Waals surface area contributed by atoms with E-state index in [2.05, 4.69) is 23.8 Å². The number of esters is 1. The van der Waals surface area contributed by atoms with E-state index in [-0.39, 0.29) is 11.9 Å². The van der Waals surface area contributed by atoms with Crippen LogP contribution in [-0.4, -0.2) is 15.9 Å². The molecular weight excluding hydrogens is 444 g/mol. The summed E-state index contributed by atoms with van der Waals surface area (Å²) in [6.07, 6.45) is 22.7. The number of unbranched alkanes of at least 4 members (excludes halogenated alkanes) is 3. The Kier molecular flexibility index (Phi) is 10.4. The van der Waals surface area contributed by atoms with Crippen molar-refractivity contribution in [2.24, 2.45) is 23.7 Å². The number of nitrogens with zero attached hydrogens (tertiary/aromatic N) is 2. The molecule has 0 unspecified atom stereocenters. The van der Waals surface area contributed by atoms with Crippen molar-refractivity contribution in [2.45, 2.75) is 110 Å². The van der Waals surface area contributed by atoms with Crippen molar-refractivity contribution in [3.05, 3.63) is 42.2 Å². The maximum Gasteiger partial charge on any atom is 0.314 e. The van der Waals surface area contributed by atoms with Gasteiger partial charge in [0.05, 0.1) is 5.92 Å². The minimum Gasteiger partial charge on any atom is -0.426 e. The second-order valence-corrected chi connectivity index (χ2v) is 11.4. The molecule has 36 heavy (non-hydrogen) atoms. The predicted molar refractivity (Wildman–Crippen MR) is 147 cm³/mol. The maximum atomic E-state index is 12.8. The lowest BCUT2D eigenvalue weighted by Gasteiger charge is -2.37. The molecule has 2 saturated carbocycles. The van der Waals surface area contributed by atoms with Gasteiger partial charge in [-0.05, 0) is 98.9 Å². The van der Waals surface area contributed by atoms with Crippen molar-refractivity contribution < 1.29 is 9.53 Å². The van der Waals surface area contributed by atoms with Gasteiger partial charge in [-0.2, -0.15) is 0 Å². The van der Waals surface area contributed by atoms with Crippen LogP contribution in [-0.2, 0) is 11.2 Å². The second-order valence-electron chi connectivity index (χ2n) is 11.4. The molecule has 0 atom stereocenters. The monoisotopic (exact) mass is 490 g/mol. The highest BCUT2D eigenvalue weighted by molar-refractivity contribution is 5.75. The van der Waals surface area contributed by atoms with E-state index in [4.69, 9.17) is 4.74 Å². The lowest BCUT2D eigenvalue weighted by molar-refractivity contribution is -0.140. The van der Waals surface area contributed by atoms with Crippen molar-refractivity contribution in [3.63, 3.8) is 0 Å². The SMILES string of the molecule is CCCCCc1cnc(-c2ccc(OC(=O)[C@H]3CC[C@H]([C@H]4CC[C@H](CCCC)CC4)CC3)cc2)nc1. The predicted octanol–water partition coefficient (Wildman–Crippen LogP) is 8.58. The van der Waals surface area contributed by atoms with Crippen molar-refractivity contribution >= 4 is 5.97 Å². The highest BCUT2D eigenvalue weighted by Gasteiger charge is 2.33. The highest BCUT2D eigenvalue weighted by atomic mass is 16.5. The van der Waals surface area contributed by atoms with E-state index in [1.807, 2.05) is 36.7 Å². The zero-order valence-electron chi connectivity index (χ0n) is 22.6. The molecule has 2 aliphatic carbocycles. The normalized spacial score (nSPS) is 24.4. The van der Waals surface area contributed by atoms with Crippen molar-refractivity contribution in [2.75, 3.05) is 0 Å². The van der Waals surface area contributed by atoms with Gasteiger partial charge in [0, 0.05) is 18.0 Å². The fourth-order valence-corrected chi connectivity index (χ4v) is 6.35. The number of benzene rings is 1. The van der Waals surface area contributed by atoms with Gasteiger partial charge in [-0.1, -0.05) is 58.8 Å². The van der Waals surface area contributed by atoms with E-state index in [1.54, 1.807) is 0 Å². The average Bonchev–Trinajstić information content (AvgIpc) is 2.93. The Hall–Kier alpha value is -2.23. The number of carbonyl (C=O) groups is 1. The van der Waals surface area contributed by atoms with E-state index in [1.165, 1.54) is 82.6 Å². The molecule has 4 nitrogen and oxygen atoms in total. The third-order valence-corrected chi connectivity index (χ3v) is 8.73. The number of hydrogen-bond donors (Lipinski definition) is 0. The molecule has 0 N–H and O–H groups in total. The summed E-state index contributed by atoms with van der Waals surface area (Å²) in [6.45, 7) is 4.51. The molecule has 1 aromatic heterocycles. The van der Waals surface area contributed by atoms with Gasteiger partial charge in [0.1, 0.15) is 5.75 Å². The van der Waals surface area contributed by atoms with Crippen LogP contribution in [0.5, 0.6) is 5.75 Å². The number of carbonyl (C=O) groups excluding carboxylic acids is 1. The molecule has 0 radical (unpaired) electrons. The van der Waals surface area contributed by atoms with Gasteiger partial charge in [-0.25, -0.2) is 9.97 Å². The van der Waals surface area contributed by atoms with Crippen LogP contribution in [0.3, 0.4) is 0 Å². The summed E-state index contributed by atoms with van der Waals surface area (Å²) in [7, 11) is 0. The quantitative estimate of drug-likeness (QED) is 0.180. The number of hydrogen-bond acceptors (Lipinski definition) is 4. The molecule has 0 spiro atoms. The molecule has 0 bridgehead atoms. The molecule has 1 heterocycles. The van der Waals surface area contributed by atoms with Gasteiger partial charge < -0.3 is 4.74 Å². The summed E-state index contributed by atoms with van der Waals surface area (Å²) >= 11 is 0. The van der Waals surface area contributed by atoms with E-state index >= 15 is 0 Å². The molecule has 2 fully saturated rings. The Bertz CT molecular complexity index is 908. The molecule has 0 amide bonds. The van der Waals surface area contributed by atoms with Gasteiger partial charge in [-0.15, -0.1) is 0 Å². The molecule has 196 valence electrons. The van der Waals surface area contributed by atoms with Crippen LogP contribution >= 0.6 is 0 Å². The molecule has 4 rings (SSSR count). The molecule has 0 aliphatic heterocycles. The summed E-state index contributed by atoms with van der Waals surface area (Å²) in [5, 5.41) is 0. The zero-order chi connectivity index (χ0) is 25.2. The molecule has 4 heteroatoms. The summed E-state index contributed by atoms with van der Waals surface area (Å²) < 4.78 is 5.77. The number of rotatable bonds is 11. The Morgan fingerprint density at radius 3 is 2.03 bits per heavy atom. The number of ether oxygens (including phenoxy) is 1. The van der Waals surface area contributed by atoms with Crippen molar-refractivity contribution in [1.82, 2.24) is 9.97 Å². The number of aromatic nitrogens is 2. The van der Waals surface area contributed by atoms with Crippen LogP contribution in [0.15, 0.2) is 36.7 Å². The Labute approximate surface area is 218 Å². The van der Waals surface area contributed by atoms with Crippen LogP contribution < -0.4 is 4.74 Å². The summed E-state index contributed by atoms with van der Waals surface area (Å²) in [5.41, 5.74) is 2.13. The first kappa shape index (κ1) is 26.8. The Balaban J connectivity index is 1.20. The first-order chi connectivity index (χ1) is 17.7. The molecule has 2 aliphatic rings. The highest BCUT2D eigenvalue weighted by Crippen LogP contribution is 2.42. The Morgan fingerprint density at radius 1 is 0.806 bits per heavy atom. The van der Waals surface area contributed by atoms with Gasteiger partial charge in [0.2, 0.25) is 0 Å². The minimum atomic E-state index is -0.0582. The fourth-order valence-electron chi connectivity index (χ4n) is 6.35. The van der Waals surface area contributed by atoms with Crippen LogP contribution in [0.1, 0.15) is 109 Å².